The van der Waals surface area contributed by atoms with Crippen LogP contribution in [0.25, 0.3) is 0 Å². The standard InChI is InChI=1S/C28H44O3/c1-5-6-7-8-16-31-19-20(2)25-13-14-26-22(10-9-15-28(25,26)4)11-12-23-17-24(29)18-27(30)21(23)3/h7-8,11-12,20,24-27,29-30H,3,5-6,9-10,13-19H2,1-2,4H3/b8-7+,22-11+,23-12-/t20-,24-,25-,26+,27+,28-/m1/s1. The van der Waals surface area contributed by atoms with Crippen molar-refractivity contribution in [3.63, 3.8) is 0 Å². The topological polar surface area (TPSA) is 49.7 Å². The Kier molecular flexibility index (Phi) is 8.78. The van der Waals surface area contributed by atoms with Gasteiger partial charge in [0.25, 0.3) is 0 Å². The second-order valence-corrected chi connectivity index (χ2v) is 10.4. The smallest absolute Gasteiger partial charge is 0.0811 e. The Morgan fingerprint density at radius 3 is 2.81 bits per heavy atom. The molecule has 174 valence electrons. The molecule has 0 radical (unpaired) electrons. The van der Waals surface area contributed by atoms with E-state index < -0.39 is 12.2 Å². The van der Waals surface area contributed by atoms with Crippen molar-refractivity contribution in [1.82, 2.24) is 0 Å². The van der Waals surface area contributed by atoms with Crippen molar-refractivity contribution < 1.29 is 14.9 Å². The Morgan fingerprint density at radius 2 is 2.03 bits per heavy atom. The third-order valence-electron chi connectivity index (χ3n) is 8.21. The van der Waals surface area contributed by atoms with Crippen LogP contribution in [0.5, 0.6) is 0 Å². The maximum Gasteiger partial charge on any atom is 0.0811 e. The zero-order valence-corrected chi connectivity index (χ0v) is 20.0. The van der Waals surface area contributed by atoms with Crippen molar-refractivity contribution in [2.45, 2.75) is 90.8 Å². The summed E-state index contributed by atoms with van der Waals surface area (Å²) in [6.45, 7) is 12.7. The van der Waals surface area contributed by atoms with Gasteiger partial charge in [0, 0.05) is 13.0 Å². The summed E-state index contributed by atoms with van der Waals surface area (Å²) in [4.78, 5) is 0. The van der Waals surface area contributed by atoms with Gasteiger partial charge in [-0.2, -0.15) is 0 Å². The lowest BCUT2D eigenvalue weighted by atomic mass is 9.61. The van der Waals surface area contributed by atoms with Crippen molar-refractivity contribution >= 4 is 0 Å². The molecule has 3 saturated carbocycles. The maximum absolute atomic E-state index is 10.1. The van der Waals surface area contributed by atoms with Crippen LogP contribution >= 0.6 is 0 Å². The molecule has 0 aliphatic heterocycles. The molecule has 3 fully saturated rings. The van der Waals surface area contributed by atoms with Gasteiger partial charge in [-0.1, -0.05) is 63.6 Å². The predicted octanol–water partition coefficient (Wildman–Crippen LogP) is 6.14. The molecule has 6 atom stereocenters. The van der Waals surface area contributed by atoms with Crippen molar-refractivity contribution in [2.75, 3.05) is 13.2 Å². The second-order valence-electron chi connectivity index (χ2n) is 10.4. The highest BCUT2D eigenvalue weighted by molar-refractivity contribution is 5.38. The molecule has 2 N–H and O–H groups in total. The molecule has 0 amide bonds. The van der Waals surface area contributed by atoms with Gasteiger partial charge in [-0.15, -0.1) is 0 Å². The molecule has 0 bridgehead atoms. The highest BCUT2D eigenvalue weighted by Gasteiger charge is 2.50. The van der Waals surface area contributed by atoms with Gasteiger partial charge >= 0.3 is 0 Å². The molecule has 3 nitrogen and oxygen atoms in total. The van der Waals surface area contributed by atoms with Gasteiger partial charge in [0.05, 0.1) is 18.8 Å². The number of aliphatic hydroxyl groups excluding tert-OH is 2. The lowest BCUT2D eigenvalue weighted by Gasteiger charge is -2.44. The first-order valence-corrected chi connectivity index (χ1v) is 12.5. The molecule has 0 saturated heterocycles. The van der Waals surface area contributed by atoms with E-state index >= 15 is 0 Å². The van der Waals surface area contributed by atoms with E-state index in [0.717, 1.165) is 30.8 Å². The number of rotatable bonds is 8. The highest BCUT2D eigenvalue weighted by Crippen LogP contribution is 2.59. The number of allylic oxidation sites excluding steroid dienone is 4. The van der Waals surface area contributed by atoms with Crippen LogP contribution in [0.1, 0.15) is 78.6 Å². The summed E-state index contributed by atoms with van der Waals surface area (Å²) in [7, 11) is 0. The van der Waals surface area contributed by atoms with Crippen molar-refractivity contribution in [3.8, 4) is 0 Å². The number of hydrogen-bond donors (Lipinski definition) is 2. The summed E-state index contributed by atoms with van der Waals surface area (Å²) < 4.78 is 6.00. The quantitative estimate of drug-likeness (QED) is 0.361. The van der Waals surface area contributed by atoms with Crippen LogP contribution < -0.4 is 0 Å². The minimum Gasteiger partial charge on any atom is -0.393 e. The first kappa shape index (κ1) is 24.5. The fourth-order valence-corrected chi connectivity index (χ4v) is 6.47. The number of ether oxygens (including phenoxy) is 1. The molecular formula is C28H44O3. The lowest BCUT2D eigenvalue weighted by molar-refractivity contribution is 0.0429. The zero-order valence-electron chi connectivity index (χ0n) is 20.0. The number of hydrogen-bond acceptors (Lipinski definition) is 3. The zero-order chi connectivity index (χ0) is 22.4. The van der Waals surface area contributed by atoms with Gasteiger partial charge < -0.3 is 14.9 Å². The van der Waals surface area contributed by atoms with Crippen LogP contribution in [0.2, 0.25) is 0 Å². The summed E-state index contributed by atoms with van der Waals surface area (Å²) in [6, 6.07) is 0. The Morgan fingerprint density at radius 1 is 1.23 bits per heavy atom. The Balaban J connectivity index is 1.64. The third kappa shape index (κ3) is 5.80. The van der Waals surface area contributed by atoms with Crippen LogP contribution in [0, 0.1) is 23.2 Å². The number of aliphatic hydroxyl groups is 2. The molecule has 0 spiro atoms. The molecule has 31 heavy (non-hydrogen) atoms. The fourth-order valence-electron chi connectivity index (χ4n) is 6.47. The average molecular weight is 429 g/mol. The lowest BCUT2D eigenvalue weighted by Crippen LogP contribution is -2.37. The molecule has 0 aromatic rings. The van der Waals surface area contributed by atoms with Crippen LogP contribution in [0.3, 0.4) is 0 Å². The van der Waals surface area contributed by atoms with E-state index in [1.165, 1.54) is 38.5 Å². The first-order valence-electron chi connectivity index (χ1n) is 12.5. The Bertz CT molecular complexity index is 703. The molecule has 3 rings (SSSR count). The average Bonchev–Trinajstić information content (AvgIpc) is 3.09. The number of unbranched alkanes of at least 4 members (excludes halogenated alkanes) is 1. The van der Waals surface area contributed by atoms with Crippen LogP contribution in [-0.4, -0.2) is 35.6 Å². The maximum atomic E-state index is 10.1. The predicted molar refractivity (Wildman–Crippen MR) is 129 cm³/mol. The van der Waals surface area contributed by atoms with Gasteiger partial charge in [0.2, 0.25) is 0 Å². The van der Waals surface area contributed by atoms with E-state index in [1.54, 1.807) is 5.57 Å². The Hall–Kier alpha value is -1.16. The Labute approximate surface area is 190 Å². The van der Waals surface area contributed by atoms with Crippen LogP contribution in [0.15, 0.2) is 47.6 Å². The van der Waals surface area contributed by atoms with Crippen molar-refractivity contribution in [1.29, 1.82) is 0 Å². The van der Waals surface area contributed by atoms with E-state index in [0.29, 0.717) is 36.0 Å². The fraction of sp³-hybridized carbons (Fsp3) is 0.714. The minimum atomic E-state index is -0.612. The monoisotopic (exact) mass is 428 g/mol. The number of fused-ring (bicyclic) bond motifs is 1. The van der Waals surface area contributed by atoms with Crippen LogP contribution in [-0.2, 0) is 4.74 Å². The van der Waals surface area contributed by atoms with Gasteiger partial charge in [0.15, 0.2) is 0 Å². The molecule has 0 heterocycles. The van der Waals surface area contributed by atoms with Gasteiger partial charge in [0.1, 0.15) is 0 Å². The molecule has 3 aliphatic rings. The molecule has 0 aromatic heterocycles. The summed E-state index contributed by atoms with van der Waals surface area (Å²) in [6.07, 6.45) is 17.4. The molecule has 3 heteroatoms. The largest absolute Gasteiger partial charge is 0.393 e. The second kappa shape index (κ2) is 11.1. The minimum absolute atomic E-state index is 0.353. The first-order chi connectivity index (χ1) is 14.9. The molecule has 3 aliphatic carbocycles. The van der Waals surface area contributed by atoms with Gasteiger partial charge in [-0.25, -0.2) is 0 Å². The van der Waals surface area contributed by atoms with Gasteiger partial charge in [-0.3, -0.25) is 0 Å². The van der Waals surface area contributed by atoms with Crippen molar-refractivity contribution in [2.24, 2.45) is 23.2 Å². The molecule has 0 aromatic carbocycles. The molecule has 0 unspecified atom stereocenters. The van der Waals surface area contributed by atoms with E-state index in [4.69, 9.17) is 4.74 Å². The summed E-state index contributed by atoms with van der Waals surface area (Å²) in [5, 5.41) is 20.2. The molecular weight excluding hydrogens is 384 g/mol. The summed E-state index contributed by atoms with van der Waals surface area (Å²) in [5.74, 6) is 1.93. The van der Waals surface area contributed by atoms with E-state index in [2.05, 4.69) is 51.7 Å². The normalized spacial score (nSPS) is 37.6. The van der Waals surface area contributed by atoms with Crippen LogP contribution in [0.4, 0.5) is 0 Å². The van der Waals surface area contributed by atoms with E-state index in [9.17, 15) is 10.2 Å². The summed E-state index contributed by atoms with van der Waals surface area (Å²) >= 11 is 0. The highest BCUT2D eigenvalue weighted by atomic mass is 16.5. The summed E-state index contributed by atoms with van der Waals surface area (Å²) in [5.41, 5.74) is 3.70. The third-order valence-corrected chi connectivity index (χ3v) is 8.21. The SMILES string of the molecule is C=C1/C(=C\C=C2/CCC[C@]3(C)[C@@H]([C@H](C)COC/C=C/CCC)CC[C@@H]23)C[C@@H](O)C[C@@H]1O. The van der Waals surface area contributed by atoms with E-state index in [1.807, 2.05) is 0 Å². The van der Waals surface area contributed by atoms with Crippen molar-refractivity contribution in [3.05, 3.63) is 47.6 Å². The van der Waals surface area contributed by atoms with E-state index in [-0.39, 0.29) is 0 Å². The van der Waals surface area contributed by atoms with Gasteiger partial charge in [-0.05, 0) is 79.3 Å².